The van der Waals surface area contributed by atoms with Gasteiger partial charge in [0.05, 0.1) is 0 Å². The van der Waals surface area contributed by atoms with Crippen molar-refractivity contribution in [2.45, 2.75) is 51.6 Å². The van der Waals surface area contributed by atoms with Crippen molar-refractivity contribution in [3.8, 4) is 0 Å². The van der Waals surface area contributed by atoms with Gasteiger partial charge in [-0.1, -0.05) is 43.5 Å². The molecular formula is C19H24N4O. The maximum Gasteiger partial charge on any atom is 0.270 e. The van der Waals surface area contributed by atoms with E-state index in [2.05, 4.69) is 39.7 Å². The molecule has 0 saturated heterocycles. The normalized spacial score (nSPS) is 15.0. The molecule has 0 atom stereocenters. The number of hydrogen-bond donors (Lipinski definition) is 2. The summed E-state index contributed by atoms with van der Waals surface area (Å²) in [6.07, 6.45) is 7.41. The molecular weight excluding hydrogens is 300 g/mol. The van der Waals surface area contributed by atoms with Gasteiger partial charge in [0.15, 0.2) is 0 Å². The molecule has 1 saturated carbocycles. The molecule has 2 aromatic rings. The Labute approximate surface area is 142 Å². The van der Waals surface area contributed by atoms with Crippen LogP contribution in [0, 0.1) is 6.92 Å². The number of amides is 1. The molecule has 0 radical (unpaired) electrons. The fraction of sp³-hybridized carbons (Fsp3) is 0.421. The average molecular weight is 324 g/mol. The van der Waals surface area contributed by atoms with Crippen LogP contribution in [0.3, 0.4) is 0 Å². The lowest BCUT2D eigenvalue weighted by Gasteiger charge is -2.22. The molecule has 1 fully saturated rings. The lowest BCUT2D eigenvalue weighted by molar-refractivity contribution is 0.0922. The predicted molar refractivity (Wildman–Crippen MR) is 94.9 cm³/mol. The monoisotopic (exact) mass is 324 g/mol. The molecule has 3 rings (SSSR count). The summed E-state index contributed by atoms with van der Waals surface area (Å²) in [5, 5.41) is 6.29. The van der Waals surface area contributed by atoms with Crippen molar-refractivity contribution in [3.05, 3.63) is 53.3 Å². The Hall–Kier alpha value is -2.43. The largest absolute Gasteiger partial charge is 0.350 e. The van der Waals surface area contributed by atoms with E-state index in [0.717, 1.165) is 12.8 Å². The molecule has 1 aromatic heterocycles. The summed E-state index contributed by atoms with van der Waals surface area (Å²) in [5.41, 5.74) is 2.83. The first-order valence-corrected chi connectivity index (χ1v) is 8.64. The van der Waals surface area contributed by atoms with Gasteiger partial charge >= 0.3 is 0 Å². The third-order valence-electron chi connectivity index (χ3n) is 4.53. The highest BCUT2D eigenvalue weighted by molar-refractivity contribution is 5.92. The highest BCUT2D eigenvalue weighted by Crippen LogP contribution is 2.17. The smallest absolute Gasteiger partial charge is 0.270 e. The van der Waals surface area contributed by atoms with Crippen LogP contribution in [0.5, 0.6) is 0 Å². The molecule has 1 aromatic carbocycles. The van der Waals surface area contributed by atoms with E-state index in [0.29, 0.717) is 18.2 Å². The van der Waals surface area contributed by atoms with Crippen LogP contribution >= 0.6 is 0 Å². The van der Waals surface area contributed by atoms with E-state index in [1.165, 1.54) is 30.4 Å². The standard InChI is InChI=1S/C19H24N4O/c1-14-7-5-6-8-15(14)13-21-19-20-12-11-17(23-19)18(24)22-16-9-3-2-4-10-16/h5-8,11-12,16H,2-4,9-10,13H2,1H3,(H,22,24)(H,20,21,23). The number of aromatic nitrogens is 2. The SMILES string of the molecule is Cc1ccccc1CNc1nccc(C(=O)NC2CCCCC2)n1. The van der Waals surface area contributed by atoms with E-state index in [1.807, 2.05) is 12.1 Å². The van der Waals surface area contributed by atoms with Gasteiger partial charge in [0, 0.05) is 18.8 Å². The van der Waals surface area contributed by atoms with E-state index < -0.39 is 0 Å². The summed E-state index contributed by atoms with van der Waals surface area (Å²) in [7, 11) is 0. The maximum atomic E-state index is 12.4. The highest BCUT2D eigenvalue weighted by Gasteiger charge is 2.17. The van der Waals surface area contributed by atoms with Gasteiger partial charge in [-0.3, -0.25) is 4.79 Å². The third kappa shape index (κ3) is 4.31. The van der Waals surface area contributed by atoms with Crippen LogP contribution in [0.2, 0.25) is 0 Å². The molecule has 0 aliphatic heterocycles. The molecule has 0 bridgehead atoms. The van der Waals surface area contributed by atoms with Crippen LogP contribution in [0.4, 0.5) is 5.95 Å². The van der Waals surface area contributed by atoms with E-state index >= 15 is 0 Å². The van der Waals surface area contributed by atoms with Crippen molar-refractivity contribution in [2.24, 2.45) is 0 Å². The Balaban J connectivity index is 1.61. The van der Waals surface area contributed by atoms with Crippen LogP contribution < -0.4 is 10.6 Å². The second-order valence-corrected chi connectivity index (χ2v) is 6.35. The number of nitrogens with one attached hydrogen (secondary N) is 2. The molecule has 1 aliphatic rings. The Morgan fingerprint density at radius 3 is 2.75 bits per heavy atom. The molecule has 1 amide bonds. The number of nitrogens with zero attached hydrogens (tertiary/aromatic N) is 2. The molecule has 24 heavy (non-hydrogen) atoms. The second kappa shape index (κ2) is 7.90. The highest BCUT2D eigenvalue weighted by atomic mass is 16.1. The number of hydrogen-bond acceptors (Lipinski definition) is 4. The van der Waals surface area contributed by atoms with Crippen molar-refractivity contribution in [1.82, 2.24) is 15.3 Å². The third-order valence-corrected chi connectivity index (χ3v) is 4.53. The molecule has 0 spiro atoms. The van der Waals surface area contributed by atoms with E-state index in [1.54, 1.807) is 12.3 Å². The van der Waals surface area contributed by atoms with Gasteiger partial charge in [0.25, 0.3) is 5.91 Å². The maximum absolute atomic E-state index is 12.4. The zero-order valence-corrected chi connectivity index (χ0v) is 14.1. The van der Waals surface area contributed by atoms with Crippen molar-refractivity contribution >= 4 is 11.9 Å². The van der Waals surface area contributed by atoms with E-state index in [9.17, 15) is 4.79 Å². The van der Waals surface area contributed by atoms with Crippen LogP contribution in [-0.4, -0.2) is 21.9 Å². The summed E-state index contributed by atoms with van der Waals surface area (Å²) >= 11 is 0. The molecule has 5 heteroatoms. The second-order valence-electron chi connectivity index (χ2n) is 6.35. The Bertz CT molecular complexity index is 695. The fourth-order valence-corrected chi connectivity index (χ4v) is 3.06. The summed E-state index contributed by atoms with van der Waals surface area (Å²) in [5.74, 6) is 0.373. The molecule has 1 heterocycles. The minimum absolute atomic E-state index is 0.108. The van der Waals surface area contributed by atoms with Gasteiger partial charge in [-0.15, -0.1) is 0 Å². The Morgan fingerprint density at radius 1 is 1.17 bits per heavy atom. The van der Waals surface area contributed by atoms with Gasteiger partial charge in [-0.05, 0) is 37.0 Å². The number of aryl methyl sites for hydroxylation is 1. The average Bonchev–Trinajstić information content (AvgIpc) is 2.62. The van der Waals surface area contributed by atoms with Gasteiger partial charge < -0.3 is 10.6 Å². The Morgan fingerprint density at radius 2 is 1.96 bits per heavy atom. The fourth-order valence-electron chi connectivity index (χ4n) is 3.06. The number of rotatable bonds is 5. The molecule has 5 nitrogen and oxygen atoms in total. The minimum Gasteiger partial charge on any atom is -0.350 e. The van der Waals surface area contributed by atoms with Gasteiger partial charge in [-0.2, -0.15) is 0 Å². The quantitative estimate of drug-likeness (QED) is 0.884. The predicted octanol–water partition coefficient (Wildman–Crippen LogP) is 3.46. The summed E-state index contributed by atoms with van der Waals surface area (Å²) in [6, 6.07) is 10.1. The van der Waals surface area contributed by atoms with Crippen LogP contribution in [0.15, 0.2) is 36.5 Å². The van der Waals surface area contributed by atoms with Crippen molar-refractivity contribution in [2.75, 3.05) is 5.32 Å². The summed E-state index contributed by atoms with van der Waals surface area (Å²) in [6.45, 7) is 2.71. The number of carbonyl (C=O) groups excluding carboxylic acids is 1. The van der Waals surface area contributed by atoms with E-state index in [4.69, 9.17) is 0 Å². The summed E-state index contributed by atoms with van der Waals surface area (Å²) in [4.78, 5) is 20.9. The van der Waals surface area contributed by atoms with Crippen LogP contribution in [0.1, 0.15) is 53.7 Å². The first-order chi connectivity index (χ1) is 11.7. The van der Waals surface area contributed by atoms with Gasteiger partial charge in [0.1, 0.15) is 5.69 Å². The molecule has 126 valence electrons. The van der Waals surface area contributed by atoms with Gasteiger partial charge in [0.2, 0.25) is 5.95 Å². The Kier molecular flexibility index (Phi) is 5.41. The number of benzene rings is 1. The number of anilines is 1. The summed E-state index contributed by atoms with van der Waals surface area (Å²) < 4.78 is 0. The topological polar surface area (TPSA) is 66.9 Å². The van der Waals surface area contributed by atoms with E-state index in [-0.39, 0.29) is 11.9 Å². The number of carbonyl (C=O) groups is 1. The van der Waals surface area contributed by atoms with Crippen molar-refractivity contribution in [3.63, 3.8) is 0 Å². The minimum atomic E-state index is -0.108. The molecule has 1 aliphatic carbocycles. The van der Waals surface area contributed by atoms with Crippen LogP contribution in [0.25, 0.3) is 0 Å². The molecule has 0 unspecified atom stereocenters. The lowest BCUT2D eigenvalue weighted by atomic mass is 9.95. The first kappa shape index (κ1) is 16.4. The van der Waals surface area contributed by atoms with Crippen molar-refractivity contribution < 1.29 is 4.79 Å². The molecule has 2 N–H and O–H groups in total. The first-order valence-electron chi connectivity index (χ1n) is 8.64. The zero-order valence-electron chi connectivity index (χ0n) is 14.1. The zero-order chi connectivity index (χ0) is 16.8. The lowest BCUT2D eigenvalue weighted by Crippen LogP contribution is -2.36. The van der Waals surface area contributed by atoms with Gasteiger partial charge in [-0.25, -0.2) is 9.97 Å². The van der Waals surface area contributed by atoms with Crippen LogP contribution in [-0.2, 0) is 6.54 Å². The van der Waals surface area contributed by atoms with Crippen molar-refractivity contribution in [1.29, 1.82) is 0 Å².